The first-order chi connectivity index (χ1) is 10.8. The van der Waals surface area contributed by atoms with Crippen molar-refractivity contribution in [3.05, 3.63) is 29.8 Å². The predicted molar refractivity (Wildman–Crippen MR) is 84.0 cm³/mol. The van der Waals surface area contributed by atoms with Crippen LogP contribution in [0.4, 0.5) is 5.69 Å². The molecule has 3 N–H and O–H groups in total. The number of hydrogen-bond acceptors (Lipinski definition) is 3. The number of benzene rings is 1. The van der Waals surface area contributed by atoms with E-state index in [1.54, 1.807) is 38.1 Å². The highest BCUT2D eigenvalue weighted by Crippen LogP contribution is 2.58. The van der Waals surface area contributed by atoms with Gasteiger partial charge in [-0.3, -0.25) is 14.4 Å². The molecule has 6 nitrogen and oxygen atoms in total. The first-order valence-corrected chi connectivity index (χ1v) is 7.75. The second kappa shape index (κ2) is 5.37. The van der Waals surface area contributed by atoms with Crippen LogP contribution in [0.25, 0.3) is 0 Å². The van der Waals surface area contributed by atoms with E-state index in [4.69, 9.17) is 5.11 Å². The third kappa shape index (κ3) is 3.06. The highest BCUT2D eigenvalue weighted by Gasteiger charge is 2.65. The molecule has 2 fully saturated rings. The van der Waals surface area contributed by atoms with Gasteiger partial charge in [-0.15, -0.1) is 0 Å². The maximum absolute atomic E-state index is 12.3. The van der Waals surface area contributed by atoms with Gasteiger partial charge in [0.25, 0.3) is 5.91 Å². The van der Waals surface area contributed by atoms with Gasteiger partial charge in [-0.2, -0.15) is 0 Å². The first-order valence-electron chi connectivity index (χ1n) is 7.75. The van der Waals surface area contributed by atoms with Crippen LogP contribution in [-0.4, -0.2) is 28.9 Å². The van der Waals surface area contributed by atoms with Crippen molar-refractivity contribution in [2.75, 3.05) is 5.32 Å². The van der Waals surface area contributed by atoms with Crippen LogP contribution in [-0.2, 0) is 9.59 Å². The summed E-state index contributed by atoms with van der Waals surface area (Å²) in [5, 5.41) is 14.8. The third-order valence-corrected chi connectivity index (χ3v) is 4.68. The molecule has 0 aromatic heterocycles. The lowest BCUT2D eigenvalue weighted by Gasteiger charge is -2.08. The van der Waals surface area contributed by atoms with Gasteiger partial charge in [-0.1, -0.05) is 19.9 Å². The molecular formula is C17H20N2O4. The number of carboxylic acids is 1. The van der Waals surface area contributed by atoms with Gasteiger partial charge in [0.1, 0.15) is 0 Å². The Kier molecular flexibility index (Phi) is 3.62. The van der Waals surface area contributed by atoms with Crippen molar-refractivity contribution in [1.29, 1.82) is 0 Å². The van der Waals surface area contributed by atoms with E-state index in [0.29, 0.717) is 11.3 Å². The number of aliphatic carboxylic acids is 1. The summed E-state index contributed by atoms with van der Waals surface area (Å²) < 4.78 is 0. The zero-order valence-corrected chi connectivity index (χ0v) is 13.1. The molecule has 0 heterocycles. The minimum Gasteiger partial charge on any atom is -0.481 e. The molecule has 0 saturated heterocycles. The molecule has 1 aromatic rings. The van der Waals surface area contributed by atoms with E-state index in [2.05, 4.69) is 10.6 Å². The van der Waals surface area contributed by atoms with Crippen LogP contribution in [0.5, 0.6) is 0 Å². The molecule has 122 valence electrons. The van der Waals surface area contributed by atoms with Crippen LogP contribution >= 0.6 is 0 Å². The SMILES string of the molecule is CC1(C)[C@H](C(=O)Nc2cccc(C(=O)NC3CC3)c2)[C@@H]1C(=O)O. The minimum atomic E-state index is -0.951. The Morgan fingerprint density at radius 2 is 1.87 bits per heavy atom. The molecule has 23 heavy (non-hydrogen) atoms. The number of amides is 2. The largest absolute Gasteiger partial charge is 0.481 e. The van der Waals surface area contributed by atoms with E-state index in [1.807, 2.05) is 0 Å². The molecule has 0 aliphatic heterocycles. The molecule has 2 amide bonds. The summed E-state index contributed by atoms with van der Waals surface area (Å²) >= 11 is 0. The van der Waals surface area contributed by atoms with E-state index < -0.39 is 23.2 Å². The standard InChI is InChI=1S/C17H20N2O4/c1-17(2)12(13(17)16(22)23)15(21)19-11-5-3-4-9(8-11)14(20)18-10-6-7-10/h3-5,8,10,12-13H,6-7H2,1-2H3,(H,18,20)(H,19,21)(H,22,23)/t12-,13+/m0/s1. The van der Waals surface area contributed by atoms with E-state index in [-0.39, 0.29) is 17.9 Å². The Hall–Kier alpha value is -2.37. The van der Waals surface area contributed by atoms with Gasteiger partial charge in [-0.25, -0.2) is 0 Å². The van der Waals surface area contributed by atoms with Crippen molar-refractivity contribution in [3.8, 4) is 0 Å². The van der Waals surface area contributed by atoms with E-state index >= 15 is 0 Å². The topological polar surface area (TPSA) is 95.5 Å². The number of nitrogens with one attached hydrogen (secondary N) is 2. The maximum Gasteiger partial charge on any atom is 0.307 e. The maximum atomic E-state index is 12.3. The van der Waals surface area contributed by atoms with Crippen LogP contribution in [0.3, 0.4) is 0 Å². The van der Waals surface area contributed by atoms with Crippen molar-refractivity contribution >= 4 is 23.5 Å². The van der Waals surface area contributed by atoms with Crippen LogP contribution in [0.15, 0.2) is 24.3 Å². The lowest BCUT2D eigenvalue weighted by atomic mass is 10.1. The summed E-state index contributed by atoms with van der Waals surface area (Å²) in [6.45, 7) is 3.55. The molecule has 3 rings (SSSR count). The highest BCUT2D eigenvalue weighted by molar-refractivity contribution is 6.01. The number of rotatable bonds is 5. The van der Waals surface area contributed by atoms with Gasteiger partial charge < -0.3 is 15.7 Å². The Labute approximate surface area is 134 Å². The lowest BCUT2D eigenvalue weighted by molar-refractivity contribution is -0.140. The van der Waals surface area contributed by atoms with Crippen LogP contribution in [0.1, 0.15) is 37.0 Å². The van der Waals surface area contributed by atoms with Crippen molar-refractivity contribution < 1.29 is 19.5 Å². The average Bonchev–Trinajstić information content (AvgIpc) is 3.36. The van der Waals surface area contributed by atoms with Gasteiger partial charge >= 0.3 is 5.97 Å². The van der Waals surface area contributed by atoms with Gasteiger partial charge in [-0.05, 0) is 36.5 Å². The van der Waals surface area contributed by atoms with E-state index in [0.717, 1.165) is 12.8 Å². The lowest BCUT2D eigenvalue weighted by Crippen LogP contribution is -2.25. The summed E-state index contributed by atoms with van der Waals surface area (Å²) in [6.07, 6.45) is 2.02. The highest BCUT2D eigenvalue weighted by atomic mass is 16.4. The minimum absolute atomic E-state index is 0.154. The molecular weight excluding hydrogens is 296 g/mol. The quantitative estimate of drug-likeness (QED) is 0.773. The molecule has 0 spiro atoms. The zero-order valence-electron chi connectivity index (χ0n) is 13.1. The summed E-state index contributed by atoms with van der Waals surface area (Å²) in [5.41, 5.74) is 0.446. The van der Waals surface area contributed by atoms with Crippen molar-refractivity contribution in [2.45, 2.75) is 32.7 Å². The van der Waals surface area contributed by atoms with Gasteiger partial charge in [0.15, 0.2) is 0 Å². The number of carbonyl (C=O) groups excluding carboxylic acids is 2. The molecule has 2 saturated carbocycles. The third-order valence-electron chi connectivity index (χ3n) is 4.68. The average molecular weight is 316 g/mol. The molecule has 2 aliphatic carbocycles. The normalized spacial score (nSPS) is 24.6. The van der Waals surface area contributed by atoms with Crippen molar-refractivity contribution in [2.24, 2.45) is 17.3 Å². The number of hydrogen-bond donors (Lipinski definition) is 3. The number of anilines is 1. The molecule has 0 unspecified atom stereocenters. The Morgan fingerprint density at radius 3 is 2.43 bits per heavy atom. The van der Waals surface area contributed by atoms with Crippen molar-refractivity contribution in [3.63, 3.8) is 0 Å². The number of carboxylic acid groups (broad SMARTS) is 1. The van der Waals surface area contributed by atoms with Gasteiger partial charge in [0.05, 0.1) is 11.8 Å². The van der Waals surface area contributed by atoms with Gasteiger partial charge in [0.2, 0.25) is 5.91 Å². The molecule has 2 atom stereocenters. The monoisotopic (exact) mass is 316 g/mol. The summed E-state index contributed by atoms with van der Waals surface area (Å²) in [7, 11) is 0. The zero-order chi connectivity index (χ0) is 16.8. The molecule has 0 bridgehead atoms. The summed E-state index contributed by atoms with van der Waals surface area (Å²) in [6, 6.07) is 6.96. The fourth-order valence-corrected chi connectivity index (χ4v) is 3.04. The summed E-state index contributed by atoms with van der Waals surface area (Å²) in [4.78, 5) is 35.5. The fourth-order valence-electron chi connectivity index (χ4n) is 3.04. The molecule has 2 aliphatic rings. The van der Waals surface area contributed by atoms with Gasteiger partial charge in [0, 0.05) is 17.3 Å². The summed E-state index contributed by atoms with van der Waals surface area (Å²) in [5.74, 6) is -2.64. The Balaban J connectivity index is 1.67. The van der Waals surface area contributed by atoms with Crippen LogP contribution in [0, 0.1) is 17.3 Å². The second-order valence-electron chi connectivity index (χ2n) is 6.93. The Bertz CT molecular complexity index is 679. The number of carbonyl (C=O) groups is 3. The van der Waals surface area contributed by atoms with E-state index in [1.165, 1.54) is 0 Å². The predicted octanol–water partition coefficient (Wildman–Crippen LogP) is 1.87. The Morgan fingerprint density at radius 1 is 1.17 bits per heavy atom. The van der Waals surface area contributed by atoms with Crippen LogP contribution < -0.4 is 10.6 Å². The van der Waals surface area contributed by atoms with Crippen LogP contribution in [0.2, 0.25) is 0 Å². The first kappa shape index (κ1) is 15.5. The smallest absolute Gasteiger partial charge is 0.307 e. The molecule has 0 radical (unpaired) electrons. The molecule has 1 aromatic carbocycles. The van der Waals surface area contributed by atoms with E-state index in [9.17, 15) is 14.4 Å². The fraction of sp³-hybridized carbons (Fsp3) is 0.471. The van der Waals surface area contributed by atoms with Crippen molar-refractivity contribution in [1.82, 2.24) is 5.32 Å². The molecule has 6 heteroatoms. The second-order valence-corrected chi connectivity index (χ2v) is 6.93.